The van der Waals surface area contributed by atoms with E-state index in [0.717, 1.165) is 19.5 Å². The number of piperidine rings is 1. The van der Waals surface area contributed by atoms with Gasteiger partial charge in [0.1, 0.15) is 6.79 Å². The van der Waals surface area contributed by atoms with E-state index in [4.69, 9.17) is 4.79 Å². The van der Waals surface area contributed by atoms with Crippen molar-refractivity contribution in [2.45, 2.75) is 19.3 Å². The minimum atomic E-state index is 0.944. The normalized spacial score (nSPS) is 17.0. The molecular formula is C7H13NO2. The molecule has 0 N–H and O–H groups in total. The summed E-state index contributed by atoms with van der Waals surface area (Å²) in [4.78, 5) is 19.9. The van der Waals surface area contributed by atoms with E-state index in [9.17, 15) is 4.79 Å². The number of carbonyl (C=O) groups excluding carboxylic acids is 2. The van der Waals surface area contributed by atoms with Gasteiger partial charge in [-0.25, -0.2) is 0 Å². The van der Waals surface area contributed by atoms with Crippen molar-refractivity contribution in [3.05, 3.63) is 0 Å². The van der Waals surface area contributed by atoms with Crippen molar-refractivity contribution >= 4 is 13.2 Å². The molecule has 0 unspecified atom stereocenters. The molecule has 1 aliphatic rings. The molecular weight excluding hydrogens is 130 g/mol. The Labute approximate surface area is 61.0 Å². The summed E-state index contributed by atoms with van der Waals surface area (Å²) in [5.41, 5.74) is 0. The van der Waals surface area contributed by atoms with Gasteiger partial charge in [-0.1, -0.05) is 0 Å². The molecule has 10 heavy (non-hydrogen) atoms. The quantitative estimate of drug-likeness (QED) is 0.499. The molecule has 0 aromatic heterocycles. The van der Waals surface area contributed by atoms with E-state index in [0.29, 0.717) is 0 Å². The van der Waals surface area contributed by atoms with Crippen LogP contribution in [0, 0.1) is 0 Å². The number of amides is 1. The molecule has 0 saturated carbocycles. The van der Waals surface area contributed by atoms with Crippen LogP contribution in [0.4, 0.5) is 0 Å². The fourth-order valence-corrected chi connectivity index (χ4v) is 1.02. The van der Waals surface area contributed by atoms with Crippen molar-refractivity contribution in [1.29, 1.82) is 0 Å². The SMILES string of the molecule is C=O.O=CN1CCCCC1. The molecule has 3 heteroatoms. The van der Waals surface area contributed by atoms with Crippen LogP contribution in [0.25, 0.3) is 0 Å². The number of carbonyl (C=O) groups is 2. The molecule has 1 fully saturated rings. The van der Waals surface area contributed by atoms with Crippen molar-refractivity contribution < 1.29 is 9.59 Å². The second-order valence-corrected chi connectivity index (χ2v) is 2.20. The highest BCUT2D eigenvalue weighted by Gasteiger charge is 2.05. The lowest BCUT2D eigenvalue weighted by Gasteiger charge is -2.21. The van der Waals surface area contributed by atoms with E-state index in [-0.39, 0.29) is 0 Å². The molecule has 1 rings (SSSR count). The molecule has 1 amide bonds. The third kappa shape index (κ3) is 3.22. The van der Waals surface area contributed by atoms with Crippen LogP contribution in [-0.4, -0.2) is 31.2 Å². The fraction of sp³-hybridized carbons (Fsp3) is 0.714. The third-order valence-electron chi connectivity index (χ3n) is 1.54. The Morgan fingerprint density at radius 1 is 1.10 bits per heavy atom. The highest BCUT2D eigenvalue weighted by Crippen LogP contribution is 2.05. The minimum absolute atomic E-state index is 0.944. The maximum absolute atomic E-state index is 10.1. The molecule has 58 valence electrons. The number of hydrogen-bond acceptors (Lipinski definition) is 2. The van der Waals surface area contributed by atoms with Crippen LogP contribution in [0.15, 0.2) is 0 Å². The van der Waals surface area contributed by atoms with Gasteiger partial charge in [-0.2, -0.15) is 0 Å². The minimum Gasteiger partial charge on any atom is -0.345 e. The Hall–Kier alpha value is -0.860. The van der Waals surface area contributed by atoms with Crippen LogP contribution in [0.2, 0.25) is 0 Å². The van der Waals surface area contributed by atoms with Crippen LogP contribution in [-0.2, 0) is 9.59 Å². The second-order valence-electron chi connectivity index (χ2n) is 2.20. The van der Waals surface area contributed by atoms with Crippen molar-refractivity contribution in [3.8, 4) is 0 Å². The smallest absolute Gasteiger partial charge is 0.209 e. The van der Waals surface area contributed by atoms with Crippen LogP contribution < -0.4 is 0 Å². The zero-order valence-corrected chi connectivity index (χ0v) is 6.08. The van der Waals surface area contributed by atoms with E-state index in [1.165, 1.54) is 19.3 Å². The van der Waals surface area contributed by atoms with Gasteiger partial charge in [0.25, 0.3) is 0 Å². The van der Waals surface area contributed by atoms with E-state index in [1.807, 2.05) is 11.7 Å². The summed E-state index contributed by atoms with van der Waals surface area (Å²) >= 11 is 0. The topological polar surface area (TPSA) is 37.4 Å². The van der Waals surface area contributed by atoms with Gasteiger partial charge >= 0.3 is 0 Å². The Bertz CT molecular complexity index is 89.6. The first-order valence-corrected chi connectivity index (χ1v) is 3.42. The molecule has 0 aromatic carbocycles. The van der Waals surface area contributed by atoms with E-state index >= 15 is 0 Å². The van der Waals surface area contributed by atoms with Gasteiger partial charge in [-0.05, 0) is 19.3 Å². The summed E-state index contributed by atoms with van der Waals surface area (Å²) in [5.74, 6) is 0. The zero-order valence-electron chi connectivity index (χ0n) is 6.08. The summed E-state index contributed by atoms with van der Waals surface area (Å²) in [6.45, 7) is 3.95. The molecule has 0 bridgehead atoms. The molecule has 0 atom stereocenters. The molecule has 0 spiro atoms. The maximum Gasteiger partial charge on any atom is 0.209 e. The zero-order chi connectivity index (χ0) is 7.82. The summed E-state index contributed by atoms with van der Waals surface area (Å²) in [6, 6.07) is 0. The molecule has 0 aromatic rings. The molecule has 0 radical (unpaired) electrons. The first-order valence-electron chi connectivity index (χ1n) is 3.42. The number of hydrogen-bond donors (Lipinski definition) is 0. The van der Waals surface area contributed by atoms with E-state index in [1.54, 1.807) is 0 Å². The van der Waals surface area contributed by atoms with Crippen LogP contribution >= 0.6 is 0 Å². The Morgan fingerprint density at radius 2 is 1.60 bits per heavy atom. The summed E-state index contributed by atoms with van der Waals surface area (Å²) in [6.07, 6.45) is 4.63. The lowest BCUT2D eigenvalue weighted by Crippen LogP contribution is -2.27. The van der Waals surface area contributed by atoms with Gasteiger partial charge in [0.2, 0.25) is 6.41 Å². The van der Waals surface area contributed by atoms with Crippen LogP contribution in [0.1, 0.15) is 19.3 Å². The predicted molar refractivity (Wildman–Crippen MR) is 38.6 cm³/mol. The molecule has 1 heterocycles. The van der Waals surface area contributed by atoms with Gasteiger partial charge in [-0.3, -0.25) is 4.79 Å². The predicted octanol–water partition coefficient (Wildman–Crippen LogP) is 0.444. The van der Waals surface area contributed by atoms with Crippen molar-refractivity contribution in [2.24, 2.45) is 0 Å². The van der Waals surface area contributed by atoms with Crippen molar-refractivity contribution in [1.82, 2.24) is 4.90 Å². The lowest BCUT2D eigenvalue weighted by atomic mass is 10.1. The third-order valence-corrected chi connectivity index (χ3v) is 1.54. The van der Waals surface area contributed by atoms with Crippen LogP contribution in [0.5, 0.6) is 0 Å². The van der Waals surface area contributed by atoms with Crippen LogP contribution in [0.3, 0.4) is 0 Å². The Balaban J connectivity index is 0.000000371. The highest BCUT2D eigenvalue weighted by atomic mass is 16.1. The largest absolute Gasteiger partial charge is 0.345 e. The standard InChI is InChI=1S/C6H11NO.CH2O/c8-6-7-4-2-1-3-5-7;1-2/h6H,1-5H2;1H2. The number of rotatable bonds is 1. The summed E-state index contributed by atoms with van der Waals surface area (Å²) in [5, 5.41) is 0. The average molecular weight is 143 g/mol. The molecule has 3 nitrogen and oxygen atoms in total. The summed E-state index contributed by atoms with van der Waals surface area (Å²) in [7, 11) is 0. The fourth-order valence-electron chi connectivity index (χ4n) is 1.02. The average Bonchev–Trinajstić information content (AvgIpc) is 2.10. The molecule has 0 aliphatic carbocycles. The molecule has 1 aliphatic heterocycles. The first kappa shape index (κ1) is 9.14. The van der Waals surface area contributed by atoms with Crippen molar-refractivity contribution in [2.75, 3.05) is 13.1 Å². The highest BCUT2D eigenvalue weighted by molar-refractivity contribution is 5.46. The van der Waals surface area contributed by atoms with Gasteiger partial charge in [0, 0.05) is 13.1 Å². The van der Waals surface area contributed by atoms with Gasteiger partial charge < -0.3 is 9.69 Å². The van der Waals surface area contributed by atoms with E-state index in [2.05, 4.69) is 0 Å². The Kier molecular flexibility index (Phi) is 5.72. The summed E-state index contributed by atoms with van der Waals surface area (Å²) < 4.78 is 0. The maximum atomic E-state index is 10.1. The lowest BCUT2D eigenvalue weighted by molar-refractivity contribution is -0.118. The number of likely N-dealkylation sites (tertiary alicyclic amines) is 1. The number of nitrogens with zero attached hydrogens (tertiary/aromatic N) is 1. The second kappa shape index (κ2) is 6.26. The van der Waals surface area contributed by atoms with Gasteiger partial charge in [0.05, 0.1) is 0 Å². The first-order chi connectivity index (χ1) is 4.93. The Morgan fingerprint density at radius 3 is 1.90 bits per heavy atom. The van der Waals surface area contributed by atoms with Crippen molar-refractivity contribution in [3.63, 3.8) is 0 Å². The van der Waals surface area contributed by atoms with Gasteiger partial charge in [-0.15, -0.1) is 0 Å². The molecule has 1 saturated heterocycles. The van der Waals surface area contributed by atoms with Gasteiger partial charge in [0.15, 0.2) is 0 Å². The monoisotopic (exact) mass is 143 g/mol. The van der Waals surface area contributed by atoms with E-state index < -0.39 is 0 Å².